The fraction of sp³-hybridized carbons (Fsp3) is 0.423. The van der Waals surface area contributed by atoms with Crippen LogP contribution in [-0.4, -0.2) is 22.1 Å². The fourth-order valence-electron chi connectivity index (χ4n) is 3.20. The lowest BCUT2D eigenvalue weighted by molar-refractivity contribution is 0.104. The van der Waals surface area contributed by atoms with Crippen molar-refractivity contribution >= 4 is 11.9 Å². The summed E-state index contributed by atoms with van der Waals surface area (Å²) in [6.45, 7) is 16.3. The van der Waals surface area contributed by atoms with E-state index in [2.05, 4.69) is 20.8 Å². The van der Waals surface area contributed by atoms with Crippen molar-refractivity contribution < 1.29 is 19.7 Å². The molecule has 0 aliphatic heterocycles. The van der Waals surface area contributed by atoms with E-state index in [0.717, 1.165) is 11.1 Å². The lowest BCUT2D eigenvalue weighted by atomic mass is 9.78. The second-order valence-electron chi connectivity index (χ2n) is 9.97. The summed E-state index contributed by atoms with van der Waals surface area (Å²) in [5, 5.41) is 20.6. The van der Waals surface area contributed by atoms with Crippen molar-refractivity contribution in [3.05, 3.63) is 58.7 Å². The van der Waals surface area contributed by atoms with Crippen LogP contribution in [0.25, 0.3) is 6.08 Å². The Morgan fingerprint density at radius 2 is 1.47 bits per heavy atom. The summed E-state index contributed by atoms with van der Waals surface area (Å²) in [6, 6.07) is 8.11. The molecule has 0 heterocycles. The first-order valence-electron chi connectivity index (χ1n) is 10.3. The summed E-state index contributed by atoms with van der Waals surface area (Å²) < 4.78 is 6.15. The number of hydrogen-bond acceptors (Lipinski definition) is 4. The van der Waals surface area contributed by atoms with Crippen LogP contribution in [0.5, 0.6) is 17.2 Å². The summed E-state index contributed by atoms with van der Waals surface area (Å²) in [5.41, 5.74) is 2.24. The zero-order valence-electron chi connectivity index (χ0n) is 19.3. The third-order valence-electron chi connectivity index (χ3n) is 4.81. The molecule has 0 saturated heterocycles. The van der Waals surface area contributed by atoms with E-state index in [1.807, 2.05) is 40.7 Å². The van der Waals surface area contributed by atoms with E-state index in [-0.39, 0.29) is 34.2 Å². The number of rotatable bonds is 5. The molecular formula is C26H34O4. The molecule has 0 saturated carbocycles. The largest absolute Gasteiger partial charge is 0.508 e. The maximum Gasteiger partial charge on any atom is 0.185 e. The Balaban J connectivity index is 2.70. The van der Waals surface area contributed by atoms with Gasteiger partial charge in [0.1, 0.15) is 17.2 Å². The van der Waals surface area contributed by atoms with E-state index in [1.54, 1.807) is 18.2 Å². The van der Waals surface area contributed by atoms with Crippen LogP contribution in [-0.2, 0) is 10.8 Å². The van der Waals surface area contributed by atoms with Crippen LogP contribution in [0.1, 0.15) is 82.4 Å². The predicted molar refractivity (Wildman–Crippen MR) is 123 cm³/mol. The Morgan fingerprint density at radius 1 is 0.933 bits per heavy atom. The molecule has 0 aliphatic rings. The Labute approximate surface area is 180 Å². The van der Waals surface area contributed by atoms with E-state index < -0.39 is 0 Å². The number of ether oxygens (including phenoxy) is 1. The molecule has 0 fully saturated rings. The molecule has 2 aromatic rings. The number of ketones is 1. The summed E-state index contributed by atoms with van der Waals surface area (Å²) in [5.74, 6) is 0.607. The second-order valence-corrected chi connectivity index (χ2v) is 9.97. The van der Waals surface area contributed by atoms with Gasteiger partial charge in [-0.2, -0.15) is 0 Å². The van der Waals surface area contributed by atoms with Gasteiger partial charge in [0.25, 0.3) is 0 Å². The van der Waals surface area contributed by atoms with Crippen molar-refractivity contribution in [1.29, 1.82) is 0 Å². The maximum atomic E-state index is 12.6. The minimum Gasteiger partial charge on any atom is -0.508 e. The molecule has 0 spiro atoms. The highest BCUT2D eigenvalue weighted by atomic mass is 16.5. The molecule has 0 bridgehead atoms. The molecule has 30 heavy (non-hydrogen) atoms. The first-order chi connectivity index (χ1) is 13.7. The smallest absolute Gasteiger partial charge is 0.185 e. The standard InChI is InChI=1S/C26H34O4/c1-16(2)30-24-19(13-14-22(28)17-9-11-18(27)12-10-17)23(29)20(25(3,4)5)15-21(24)26(6,7)8/h9-16,27,29H,1-8H3. The topological polar surface area (TPSA) is 66.8 Å². The number of allylic oxidation sites excluding steroid dienone is 1. The van der Waals surface area contributed by atoms with Gasteiger partial charge in [-0.25, -0.2) is 0 Å². The van der Waals surface area contributed by atoms with Crippen LogP contribution in [0, 0.1) is 0 Å². The monoisotopic (exact) mass is 410 g/mol. The van der Waals surface area contributed by atoms with E-state index in [0.29, 0.717) is 16.9 Å². The van der Waals surface area contributed by atoms with Gasteiger partial charge >= 0.3 is 0 Å². The van der Waals surface area contributed by atoms with Crippen molar-refractivity contribution in [2.45, 2.75) is 72.3 Å². The fourth-order valence-corrected chi connectivity index (χ4v) is 3.20. The summed E-state index contributed by atoms with van der Waals surface area (Å²) in [7, 11) is 0. The molecule has 162 valence electrons. The predicted octanol–water partition coefficient (Wildman–Crippen LogP) is 6.38. The van der Waals surface area contributed by atoms with Crippen molar-refractivity contribution in [2.24, 2.45) is 0 Å². The third kappa shape index (κ3) is 5.44. The number of phenolic OH excluding ortho intramolecular Hbond substituents is 2. The van der Waals surface area contributed by atoms with Crippen LogP contribution in [0.4, 0.5) is 0 Å². The van der Waals surface area contributed by atoms with E-state index >= 15 is 0 Å². The zero-order valence-corrected chi connectivity index (χ0v) is 19.3. The van der Waals surface area contributed by atoms with Gasteiger partial charge in [-0.3, -0.25) is 4.79 Å². The van der Waals surface area contributed by atoms with E-state index in [9.17, 15) is 15.0 Å². The molecule has 2 N–H and O–H groups in total. The van der Waals surface area contributed by atoms with Gasteiger partial charge in [-0.1, -0.05) is 41.5 Å². The van der Waals surface area contributed by atoms with E-state index in [4.69, 9.17) is 4.74 Å². The van der Waals surface area contributed by atoms with Crippen LogP contribution in [0.3, 0.4) is 0 Å². The van der Waals surface area contributed by atoms with E-state index in [1.165, 1.54) is 18.2 Å². The first-order valence-corrected chi connectivity index (χ1v) is 10.3. The Morgan fingerprint density at radius 3 is 1.93 bits per heavy atom. The maximum absolute atomic E-state index is 12.6. The van der Waals surface area contributed by atoms with Gasteiger partial charge in [0.05, 0.1) is 11.7 Å². The summed E-state index contributed by atoms with van der Waals surface area (Å²) in [4.78, 5) is 12.6. The lowest BCUT2D eigenvalue weighted by Gasteiger charge is -2.30. The Bertz CT molecular complexity index is 937. The molecule has 0 unspecified atom stereocenters. The van der Waals surface area contributed by atoms with Gasteiger partial charge in [0, 0.05) is 16.7 Å². The molecular weight excluding hydrogens is 376 g/mol. The first kappa shape index (κ1) is 23.5. The quantitative estimate of drug-likeness (QED) is 0.443. The van der Waals surface area contributed by atoms with Crippen LogP contribution in [0.15, 0.2) is 36.4 Å². The highest BCUT2D eigenvalue weighted by Gasteiger charge is 2.29. The molecule has 0 aromatic heterocycles. The highest BCUT2D eigenvalue weighted by Crippen LogP contribution is 2.45. The molecule has 0 radical (unpaired) electrons. The normalized spacial score (nSPS) is 12.6. The van der Waals surface area contributed by atoms with Crippen molar-refractivity contribution in [3.63, 3.8) is 0 Å². The van der Waals surface area contributed by atoms with Gasteiger partial charge in [-0.15, -0.1) is 0 Å². The minimum atomic E-state index is -0.288. The van der Waals surface area contributed by atoms with Crippen molar-refractivity contribution in [3.8, 4) is 17.2 Å². The van der Waals surface area contributed by atoms with Gasteiger partial charge in [-0.05, 0) is 67.2 Å². The average molecular weight is 411 g/mol. The number of carbonyl (C=O) groups is 1. The minimum absolute atomic E-state index is 0.0917. The number of benzene rings is 2. The third-order valence-corrected chi connectivity index (χ3v) is 4.81. The molecule has 0 amide bonds. The molecule has 4 nitrogen and oxygen atoms in total. The van der Waals surface area contributed by atoms with Crippen molar-refractivity contribution in [1.82, 2.24) is 0 Å². The number of carbonyl (C=O) groups excluding carboxylic acids is 1. The molecule has 0 atom stereocenters. The Kier molecular flexibility index (Phi) is 6.70. The summed E-state index contributed by atoms with van der Waals surface area (Å²) >= 11 is 0. The van der Waals surface area contributed by atoms with Gasteiger partial charge in [0.2, 0.25) is 0 Å². The zero-order chi connectivity index (χ0) is 22.9. The lowest BCUT2D eigenvalue weighted by Crippen LogP contribution is -2.20. The molecule has 4 heteroatoms. The summed E-state index contributed by atoms with van der Waals surface area (Å²) in [6.07, 6.45) is 2.98. The van der Waals surface area contributed by atoms with Gasteiger partial charge in [0.15, 0.2) is 5.78 Å². The number of phenols is 2. The number of aromatic hydroxyl groups is 2. The SMILES string of the molecule is CC(C)Oc1c(C(C)(C)C)cc(C(C)(C)C)c(O)c1C=CC(=O)c1ccc(O)cc1. The number of hydrogen-bond donors (Lipinski definition) is 2. The van der Waals surface area contributed by atoms with Crippen LogP contribution >= 0.6 is 0 Å². The average Bonchev–Trinajstić information content (AvgIpc) is 2.59. The molecule has 2 aromatic carbocycles. The highest BCUT2D eigenvalue weighted by molar-refractivity contribution is 6.07. The van der Waals surface area contributed by atoms with Crippen LogP contribution in [0.2, 0.25) is 0 Å². The molecule has 0 aliphatic carbocycles. The van der Waals surface area contributed by atoms with Crippen molar-refractivity contribution in [2.75, 3.05) is 0 Å². The molecule has 2 rings (SSSR count). The van der Waals surface area contributed by atoms with Gasteiger partial charge < -0.3 is 14.9 Å². The van der Waals surface area contributed by atoms with Crippen LogP contribution < -0.4 is 4.74 Å². The Hall–Kier alpha value is -2.75. The second kappa shape index (κ2) is 8.55.